The van der Waals surface area contributed by atoms with Crippen molar-refractivity contribution in [1.82, 2.24) is 10.2 Å². The lowest BCUT2D eigenvalue weighted by atomic mass is 9.96. The third kappa shape index (κ3) is 6.15. The summed E-state index contributed by atoms with van der Waals surface area (Å²) in [6.45, 7) is 6.07. The minimum atomic E-state index is 0. The highest BCUT2D eigenvalue weighted by Gasteiger charge is 2.22. The average Bonchev–Trinajstić information content (AvgIpc) is 2.52. The Labute approximate surface area is 144 Å². The van der Waals surface area contributed by atoms with Crippen molar-refractivity contribution in [3.8, 4) is 0 Å². The number of aryl methyl sites for hydroxylation is 1. The molecule has 0 spiro atoms. The molecule has 1 aliphatic heterocycles. The minimum absolute atomic E-state index is 0. The predicted molar refractivity (Wildman–Crippen MR) is 94.9 cm³/mol. The fraction of sp³-hybridized carbons (Fsp3) is 0.588. The average molecular weight is 345 g/mol. The Balaban J connectivity index is 0.00000242. The number of likely N-dealkylation sites (tertiary alicyclic amines) is 1. The summed E-state index contributed by atoms with van der Waals surface area (Å²) in [5.74, 6) is 1.01. The molecule has 0 aromatic heterocycles. The predicted octanol–water partition coefficient (Wildman–Crippen LogP) is 3.54. The maximum atomic E-state index is 12.2. The maximum absolute atomic E-state index is 12.2. The molecule has 0 saturated carbocycles. The molecule has 2 rings (SSSR count). The largest absolute Gasteiger partial charge is 0.343 e. The molecule has 0 unspecified atom stereocenters. The van der Waals surface area contributed by atoms with Crippen molar-refractivity contribution in [3.63, 3.8) is 0 Å². The van der Waals surface area contributed by atoms with Crippen LogP contribution in [0.4, 0.5) is 0 Å². The summed E-state index contributed by atoms with van der Waals surface area (Å²) in [6.07, 6.45) is 3.65. The standard InChI is InChI=1S/C17H25ClN2O.ClH/c1-2-19-13-15-9-11-20(12-10-15)17(21)8-5-14-3-6-16(18)7-4-14;/h3-4,6-7,15,19H,2,5,8-13H2,1H3;1H. The minimum Gasteiger partial charge on any atom is -0.343 e. The van der Waals surface area contributed by atoms with Gasteiger partial charge in [-0.3, -0.25) is 4.79 Å². The fourth-order valence-corrected chi connectivity index (χ4v) is 2.92. The fourth-order valence-electron chi connectivity index (χ4n) is 2.80. The molecule has 124 valence electrons. The zero-order chi connectivity index (χ0) is 15.1. The van der Waals surface area contributed by atoms with Gasteiger partial charge in [-0.15, -0.1) is 12.4 Å². The van der Waals surface area contributed by atoms with E-state index in [1.54, 1.807) is 0 Å². The van der Waals surface area contributed by atoms with Crippen LogP contribution in [-0.2, 0) is 11.2 Å². The second kappa shape index (κ2) is 10.1. The van der Waals surface area contributed by atoms with Gasteiger partial charge in [0.1, 0.15) is 0 Å². The summed E-state index contributed by atoms with van der Waals surface area (Å²) in [6, 6.07) is 7.76. The van der Waals surface area contributed by atoms with E-state index >= 15 is 0 Å². The first-order chi connectivity index (χ1) is 10.2. The first-order valence-corrected chi connectivity index (χ1v) is 8.29. The van der Waals surface area contributed by atoms with Gasteiger partial charge in [0.2, 0.25) is 5.91 Å². The molecule has 1 aromatic carbocycles. The van der Waals surface area contributed by atoms with Gasteiger partial charge in [-0.05, 0) is 56.0 Å². The molecule has 0 atom stereocenters. The summed E-state index contributed by atoms with van der Waals surface area (Å²) >= 11 is 5.87. The van der Waals surface area contributed by atoms with E-state index in [1.165, 1.54) is 5.56 Å². The second-order valence-electron chi connectivity index (χ2n) is 5.76. The van der Waals surface area contributed by atoms with Crippen molar-refractivity contribution >= 4 is 29.9 Å². The highest BCUT2D eigenvalue weighted by molar-refractivity contribution is 6.30. The van der Waals surface area contributed by atoms with Crippen LogP contribution in [0.5, 0.6) is 0 Å². The number of carbonyl (C=O) groups excluding carboxylic acids is 1. The topological polar surface area (TPSA) is 32.3 Å². The number of nitrogens with zero attached hydrogens (tertiary/aromatic N) is 1. The van der Waals surface area contributed by atoms with Crippen LogP contribution in [0.25, 0.3) is 0 Å². The molecular formula is C17H26Cl2N2O. The number of piperidine rings is 1. The molecule has 1 aliphatic rings. The van der Waals surface area contributed by atoms with Crippen LogP contribution in [0.2, 0.25) is 5.02 Å². The Bertz CT molecular complexity index is 442. The number of benzene rings is 1. The maximum Gasteiger partial charge on any atom is 0.222 e. The van der Waals surface area contributed by atoms with E-state index in [0.717, 1.165) is 56.4 Å². The van der Waals surface area contributed by atoms with Gasteiger partial charge in [0, 0.05) is 24.5 Å². The summed E-state index contributed by atoms with van der Waals surface area (Å²) in [4.78, 5) is 14.3. The van der Waals surface area contributed by atoms with E-state index in [1.807, 2.05) is 29.2 Å². The SMILES string of the molecule is CCNCC1CCN(C(=O)CCc2ccc(Cl)cc2)CC1.Cl. The molecule has 5 heteroatoms. The van der Waals surface area contributed by atoms with Crippen LogP contribution in [0.1, 0.15) is 31.7 Å². The van der Waals surface area contributed by atoms with Crippen LogP contribution < -0.4 is 5.32 Å². The van der Waals surface area contributed by atoms with E-state index in [4.69, 9.17) is 11.6 Å². The Morgan fingerprint density at radius 2 is 1.91 bits per heavy atom. The highest BCUT2D eigenvalue weighted by atomic mass is 35.5. The van der Waals surface area contributed by atoms with Gasteiger partial charge in [0.25, 0.3) is 0 Å². The zero-order valence-corrected chi connectivity index (χ0v) is 14.8. The Morgan fingerprint density at radius 3 is 2.50 bits per heavy atom. The van der Waals surface area contributed by atoms with Crippen LogP contribution in [0.15, 0.2) is 24.3 Å². The van der Waals surface area contributed by atoms with Gasteiger partial charge in [-0.2, -0.15) is 0 Å². The van der Waals surface area contributed by atoms with Crippen molar-refractivity contribution in [2.24, 2.45) is 5.92 Å². The smallest absolute Gasteiger partial charge is 0.222 e. The third-order valence-electron chi connectivity index (χ3n) is 4.19. The molecule has 0 aliphatic carbocycles. The Hall–Kier alpha value is -0.770. The first kappa shape index (κ1) is 19.3. The molecule has 1 aromatic rings. The molecule has 3 nitrogen and oxygen atoms in total. The zero-order valence-electron chi connectivity index (χ0n) is 13.2. The molecule has 1 saturated heterocycles. The molecule has 0 radical (unpaired) electrons. The lowest BCUT2D eigenvalue weighted by Gasteiger charge is -2.32. The van der Waals surface area contributed by atoms with Gasteiger partial charge in [-0.25, -0.2) is 0 Å². The molecule has 1 amide bonds. The molecule has 0 bridgehead atoms. The number of rotatable bonds is 6. The van der Waals surface area contributed by atoms with Gasteiger partial charge in [0.15, 0.2) is 0 Å². The van der Waals surface area contributed by atoms with Crippen LogP contribution in [0, 0.1) is 5.92 Å². The number of hydrogen-bond acceptors (Lipinski definition) is 2. The van der Waals surface area contributed by atoms with Crippen molar-refractivity contribution in [2.75, 3.05) is 26.2 Å². The molecule has 1 heterocycles. The number of amides is 1. The van der Waals surface area contributed by atoms with Gasteiger partial charge in [0.05, 0.1) is 0 Å². The highest BCUT2D eigenvalue weighted by Crippen LogP contribution is 2.18. The number of hydrogen-bond donors (Lipinski definition) is 1. The quantitative estimate of drug-likeness (QED) is 0.855. The normalized spacial score (nSPS) is 15.5. The van der Waals surface area contributed by atoms with Crippen molar-refractivity contribution in [2.45, 2.75) is 32.6 Å². The molecule has 22 heavy (non-hydrogen) atoms. The van der Waals surface area contributed by atoms with Crippen LogP contribution >= 0.6 is 24.0 Å². The van der Waals surface area contributed by atoms with E-state index in [0.29, 0.717) is 6.42 Å². The Kier molecular flexibility index (Phi) is 8.84. The number of nitrogens with one attached hydrogen (secondary N) is 1. The number of carbonyl (C=O) groups is 1. The summed E-state index contributed by atoms with van der Waals surface area (Å²) in [5.41, 5.74) is 1.18. The monoisotopic (exact) mass is 344 g/mol. The summed E-state index contributed by atoms with van der Waals surface area (Å²) in [5, 5.41) is 4.14. The lowest BCUT2D eigenvalue weighted by molar-refractivity contribution is -0.132. The van der Waals surface area contributed by atoms with Gasteiger partial charge in [-0.1, -0.05) is 30.7 Å². The molecular weight excluding hydrogens is 319 g/mol. The molecule has 1 N–H and O–H groups in total. The first-order valence-electron chi connectivity index (χ1n) is 7.92. The van der Waals surface area contributed by atoms with E-state index < -0.39 is 0 Å². The van der Waals surface area contributed by atoms with E-state index in [2.05, 4.69) is 12.2 Å². The summed E-state index contributed by atoms with van der Waals surface area (Å²) in [7, 11) is 0. The van der Waals surface area contributed by atoms with Crippen molar-refractivity contribution in [3.05, 3.63) is 34.9 Å². The lowest BCUT2D eigenvalue weighted by Crippen LogP contribution is -2.40. The Morgan fingerprint density at radius 1 is 1.27 bits per heavy atom. The number of halogens is 2. The van der Waals surface area contributed by atoms with E-state index in [-0.39, 0.29) is 18.3 Å². The van der Waals surface area contributed by atoms with Crippen molar-refractivity contribution in [1.29, 1.82) is 0 Å². The molecule has 1 fully saturated rings. The van der Waals surface area contributed by atoms with Crippen molar-refractivity contribution < 1.29 is 4.79 Å². The third-order valence-corrected chi connectivity index (χ3v) is 4.44. The van der Waals surface area contributed by atoms with Gasteiger partial charge < -0.3 is 10.2 Å². The van der Waals surface area contributed by atoms with Crippen LogP contribution in [-0.4, -0.2) is 37.0 Å². The van der Waals surface area contributed by atoms with Crippen LogP contribution in [0.3, 0.4) is 0 Å². The van der Waals surface area contributed by atoms with E-state index in [9.17, 15) is 4.79 Å². The second-order valence-corrected chi connectivity index (χ2v) is 6.19. The van der Waals surface area contributed by atoms with Gasteiger partial charge >= 0.3 is 0 Å². The summed E-state index contributed by atoms with van der Waals surface area (Å²) < 4.78 is 0.